The number of halogens is 2. The number of fused-ring (bicyclic) bond motifs is 3. The molecule has 21 heteroatoms. The Balaban J connectivity index is 0.000000180. The second-order valence-corrected chi connectivity index (χ2v) is 24.4. The van der Waals surface area contributed by atoms with Crippen molar-refractivity contribution in [3.8, 4) is 11.5 Å². The summed E-state index contributed by atoms with van der Waals surface area (Å²) in [6, 6.07) is 14.9. The first kappa shape index (κ1) is 58.3. The quantitative estimate of drug-likeness (QED) is 0.217. The van der Waals surface area contributed by atoms with Crippen molar-refractivity contribution in [2.24, 2.45) is 26.8 Å². The average molecular weight is 1070 g/mol. The molecule has 16 nitrogen and oxygen atoms in total. The van der Waals surface area contributed by atoms with Gasteiger partial charge in [0.15, 0.2) is 15.5 Å². The van der Waals surface area contributed by atoms with Gasteiger partial charge in [-0.05, 0) is 76.9 Å². The van der Waals surface area contributed by atoms with Crippen LogP contribution in [0.15, 0.2) is 63.5 Å². The van der Waals surface area contributed by atoms with Crippen molar-refractivity contribution in [2.75, 3.05) is 56.5 Å². The van der Waals surface area contributed by atoms with Gasteiger partial charge in [0.25, 0.3) is 0 Å². The van der Waals surface area contributed by atoms with Crippen LogP contribution in [0.25, 0.3) is 0 Å². The molecule has 0 aliphatic carbocycles. The number of hydrogen-bond donors (Lipinski definition) is 3. The predicted octanol–water partition coefficient (Wildman–Crippen LogP) is 6.68. The number of methoxy groups -OCH3 is 2. The first-order valence-electron chi connectivity index (χ1n) is 24.3. The van der Waals surface area contributed by atoms with Crippen molar-refractivity contribution in [1.29, 1.82) is 0 Å². The molecule has 3 fully saturated rings. The van der Waals surface area contributed by atoms with E-state index in [2.05, 4.69) is 11.9 Å². The summed E-state index contributed by atoms with van der Waals surface area (Å²) in [4.78, 5) is 19.7. The van der Waals surface area contributed by atoms with Crippen LogP contribution in [0.2, 0.25) is 0 Å². The van der Waals surface area contributed by atoms with E-state index in [-0.39, 0.29) is 53.1 Å². The molecule has 6 aliphatic heterocycles. The highest BCUT2D eigenvalue weighted by Crippen LogP contribution is 2.46. The molecule has 0 aromatic heterocycles. The zero-order chi connectivity index (χ0) is 53.2. The molecule has 2 aromatic carbocycles. The molecule has 0 spiro atoms. The lowest BCUT2D eigenvalue weighted by Gasteiger charge is -2.45. The van der Waals surface area contributed by atoms with Crippen LogP contribution < -0.4 is 9.47 Å². The summed E-state index contributed by atoms with van der Waals surface area (Å²) in [5.41, 5.74) is -2.80. The van der Waals surface area contributed by atoms with Crippen molar-refractivity contribution in [2.45, 2.75) is 163 Å². The van der Waals surface area contributed by atoms with Crippen LogP contribution in [0.1, 0.15) is 66.5 Å². The molecule has 0 amide bonds. The van der Waals surface area contributed by atoms with Gasteiger partial charge in [0.05, 0.1) is 57.5 Å². The Hall–Kier alpha value is -2.96. The summed E-state index contributed by atoms with van der Waals surface area (Å²) >= 11 is 4.49. The van der Waals surface area contributed by atoms with E-state index in [1.807, 2.05) is 108 Å². The number of alkyl halides is 2. The summed E-state index contributed by atoms with van der Waals surface area (Å²) in [5.74, 6) is 1.53. The number of aliphatic hydroxyl groups is 3. The van der Waals surface area contributed by atoms with E-state index < -0.39 is 52.8 Å². The van der Waals surface area contributed by atoms with Crippen LogP contribution in [0.4, 0.5) is 8.78 Å². The fourth-order valence-corrected chi connectivity index (χ4v) is 12.9. The maximum absolute atomic E-state index is 14.8. The normalized spacial score (nSPS) is 33.1. The minimum atomic E-state index is -1.72. The smallest absolute Gasteiger partial charge is 0.161 e. The third kappa shape index (κ3) is 13.9. The van der Waals surface area contributed by atoms with Crippen molar-refractivity contribution in [3.05, 3.63) is 59.7 Å². The number of benzene rings is 2. The van der Waals surface area contributed by atoms with E-state index in [0.717, 1.165) is 33.0 Å². The minimum Gasteiger partial charge on any atom is -0.497 e. The van der Waals surface area contributed by atoms with E-state index in [0.29, 0.717) is 18.4 Å². The Kier molecular flexibility index (Phi) is 19.4. The molecular weight excluding hydrogens is 991 g/mol. The van der Waals surface area contributed by atoms with Crippen LogP contribution in [-0.2, 0) is 36.9 Å². The van der Waals surface area contributed by atoms with E-state index in [4.69, 9.17) is 43.1 Å². The van der Waals surface area contributed by atoms with Gasteiger partial charge in [-0.1, -0.05) is 73.4 Å². The molecule has 404 valence electrons. The Bertz CT molecular complexity index is 2060. The summed E-state index contributed by atoms with van der Waals surface area (Å²) < 4.78 is 69.8. The molecule has 0 bridgehead atoms. The van der Waals surface area contributed by atoms with Gasteiger partial charge < -0.3 is 63.2 Å². The molecule has 0 radical (unpaired) electrons. The van der Waals surface area contributed by atoms with E-state index in [1.54, 1.807) is 70.3 Å². The van der Waals surface area contributed by atoms with Crippen molar-refractivity contribution in [1.82, 2.24) is 14.7 Å². The molecule has 6 heterocycles. The number of amidine groups is 3. The number of aliphatic hydroxyl groups excluding tert-OH is 2. The number of nitrogens with zero attached hydrogens (tertiary/aromatic N) is 6. The maximum Gasteiger partial charge on any atom is 0.161 e. The van der Waals surface area contributed by atoms with Gasteiger partial charge in [0.2, 0.25) is 0 Å². The second-order valence-electron chi connectivity index (χ2n) is 21.2. The monoisotopic (exact) mass is 1070 g/mol. The molecule has 15 atom stereocenters. The van der Waals surface area contributed by atoms with E-state index in [9.17, 15) is 24.1 Å². The number of rotatable bonds is 11. The zero-order valence-electron chi connectivity index (χ0n) is 44.6. The lowest BCUT2D eigenvalue weighted by atomic mass is 9.82. The van der Waals surface area contributed by atoms with Crippen LogP contribution in [0, 0.1) is 11.8 Å². The van der Waals surface area contributed by atoms with Gasteiger partial charge in [0, 0.05) is 54.1 Å². The topological polar surface area (TPSA) is 172 Å². The first-order chi connectivity index (χ1) is 33.6. The van der Waals surface area contributed by atoms with Crippen LogP contribution >= 0.6 is 35.3 Å². The molecule has 8 rings (SSSR count). The third-order valence-corrected chi connectivity index (χ3v) is 17.1. The van der Waals surface area contributed by atoms with Gasteiger partial charge in [-0.15, -0.1) is 0 Å². The van der Waals surface area contributed by atoms with Gasteiger partial charge in [-0.25, -0.2) is 8.78 Å². The fraction of sp³-hybridized carbons (Fsp3) is 0.706. The van der Waals surface area contributed by atoms with Gasteiger partial charge in [-0.3, -0.25) is 15.0 Å². The van der Waals surface area contributed by atoms with Crippen LogP contribution in [0.3, 0.4) is 0 Å². The Morgan fingerprint density at radius 2 is 0.875 bits per heavy atom. The highest BCUT2D eigenvalue weighted by atomic mass is 32.2. The number of hydrogen-bond acceptors (Lipinski definition) is 19. The molecule has 3 N–H and O–H groups in total. The van der Waals surface area contributed by atoms with Crippen molar-refractivity contribution >= 4 is 50.8 Å². The SMILES string of the molecule is CN(C)C1=N[C@@H]2[C@@H](O)[C@H](O)[C@@H](C(C)(C)F)O[C@@H]2S1.COc1ccc(CO[C@H]2[C@H](C)[C@@H](C(C)(C)F)O[C@@H]3SC(N(C)C)=N[C@H]23)cc1.COc1ccc(CO[C@H]2[C@H](C)[C@@H](C(C)(C)O)O[C@@H]3SC(N(C)C)=N[C@H]23)cc1. The number of thioether (sulfide) groups is 3. The molecule has 2 aromatic rings. The van der Waals surface area contributed by atoms with E-state index >= 15 is 0 Å². The van der Waals surface area contributed by atoms with Gasteiger partial charge in [0.1, 0.15) is 75.6 Å². The zero-order valence-corrected chi connectivity index (χ0v) is 47.0. The fourth-order valence-electron chi connectivity index (χ4n) is 9.46. The van der Waals surface area contributed by atoms with Gasteiger partial charge >= 0.3 is 0 Å². The minimum absolute atomic E-state index is 0.00959. The molecule has 0 unspecified atom stereocenters. The lowest BCUT2D eigenvalue weighted by molar-refractivity contribution is -0.192. The lowest BCUT2D eigenvalue weighted by Crippen LogP contribution is -2.60. The standard InChI is InChI=1S/C20H29FN2O3S.C20H30N2O4S.C11H19FN2O3S/c1-12-16(25-11-13-7-9-14(24-6)10-8-13)15-18(26-17(12)20(2,3)21)27-19(22-15)23(4)5;1-12-16(25-11-13-7-9-14(24-6)10-8-13)15-18(26-17(12)20(2,3)23)27-19(21-15)22(4)5;1-11(2,12)8-7(16)6(15)5-9(17-8)18-10(13-5)14(3)4/h7-10,12,15-18H,11H2,1-6H3;7-10,12,15-18,23H,11H2,1-6H3;5-9,15-16H,1-4H3/t2*12-,15+,16-,17-,18+;5-,6-,7+,8+,9-/m001/s1. The number of ether oxygens (including phenoxy) is 7. The molecule has 6 aliphatic rings. The Morgan fingerprint density at radius 1 is 0.542 bits per heavy atom. The molecule has 72 heavy (non-hydrogen) atoms. The highest BCUT2D eigenvalue weighted by Gasteiger charge is 2.55. The predicted molar refractivity (Wildman–Crippen MR) is 284 cm³/mol. The molecule has 0 saturated carbocycles. The van der Waals surface area contributed by atoms with E-state index in [1.165, 1.54) is 25.6 Å². The molecular formula is C51H78F2N6O10S3. The average Bonchev–Trinajstić information content (AvgIpc) is 4.07. The summed E-state index contributed by atoms with van der Waals surface area (Å²) in [6.45, 7) is 14.4. The number of aliphatic imine (C=N–C) groups is 3. The van der Waals surface area contributed by atoms with Crippen LogP contribution in [-0.4, -0.2) is 196 Å². The maximum atomic E-state index is 14.8. The Morgan fingerprint density at radius 3 is 1.22 bits per heavy atom. The van der Waals surface area contributed by atoms with Crippen molar-refractivity contribution < 1.29 is 57.3 Å². The summed E-state index contributed by atoms with van der Waals surface area (Å²) in [6.07, 6.45) is -4.61. The summed E-state index contributed by atoms with van der Waals surface area (Å²) in [7, 11) is 14.8. The van der Waals surface area contributed by atoms with Crippen LogP contribution in [0.5, 0.6) is 11.5 Å². The largest absolute Gasteiger partial charge is 0.497 e. The third-order valence-electron chi connectivity index (χ3n) is 13.2. The van der Waals surface area contributed by atoms with Crippen molar-refractivity contribution in [3.63, 3.8) is 0 Å². The second kappa shape index (κ2) is 23.9. The first-order valence-corrected chi connectivity index (χ1v) is 26.9. The Labute approximate surface area is 438 Å². The highest BCUT2D eigenvalue weighted by molar-refractivity contribution is 8.15. The molecule has 3 saturated heterocycles. The van der Waals surface area contributed by atoms with Gasteiger partial charge in [-0.2, -0.15) is 0 Å². The summed E-state index contributed by atoms with van der Waals surface area (Å²) in [5, 5.41) is 33.1.